The van der Waals surface area contributed by atoms with Crippen LogP contribution in [0.15, 0.2) is 48.5 Å². The molecular weight excluding hydrogens is 203 g/mol. The molecule has 0 radical (unpaired) electrons. The summed E-state index contributed by atoms with van der Waals surface area (Å²) in [5, 5.41) is 0. The van der Waals surface area contributed by atoms with Crippen molar-refractivity contribution < 1.29 is 9.13 Å². The number of halogens is 1. The van der Waals surface area contributed by atoms with Gasteiger partial charge in [-0.05, 0) is 24.1 Å². The van der Waals surface area contributed by atoms with E-state index in [4.69, 9.17) is 4.74 Å². The summed E-state index contributed by atoms with van der Waals surface area (Å²) in [6.07, 6.45) is 0. The lowest BCUT2D eigenvalue weighted by atomic mass is 10.2. The van der Waals surface area contributed by atoms with E-state index in [0.29, 0.717) is 12.4 Å². The molecule has 2 heteroatoms. The van der Waals surface area contributed by atoms with Crippen LogP contribution in [0.2, 0.25) is 0 Å². The summed E-state index contributed by atoms with van der Waals surface area (Å²) in [6.45, 7) is 2.37. The number of benzene rings is 2. The lowest BCUT2D eigenvalue weighted by Gasteiger charge is -2.08. The second-order valence-electron chi connectivity index (χ2n) is 3.68. The Morgan fingerprint density at radius 2 is 1.81 bits per heavy atom. The van der Waals surface area contributed by atoms with Gasteiger partial charge in [0.05, 0.1) is 0 Å². The molecule has 2 aromatic carbocycles. The van der Waals surface area contributed by atoms with E-state index >= 15 is 0 Å². The first-order valence-corrected chi connectivity index (χ1v) is 5.18. The highest BCUT2D eigenvalue weighted by Crippen LogP contribution is 2.19. The van der Waals surface area contributed by atoms with Crippen LogP contribution >= 0.6 is 0 Å². The van der Waals surface area contributed by atoms with Crippen molar-refractivity contribution in [2.45, 2.75) is 13.5 Å². The largest absolute Gasteiger partial charge is 0.489 e. The van der Waals surface area contributed by atoms with Crippen LogP contribution in [-0.2, 0) is 6.61 Å². The Bertz CT molecular complexity index is 465. The Morgan fingerprint density at radius 1 is 1.06 bits per heavy atom. The Hall–Kier alpha value is -1.83. The van der Waals surface area contributed by atoms with Gasteiger partial charge in [-0.25, -0.2) is 4.39 Å². The fourth-order valence-corrected chi connectivity index (χ4v) is 1.46. The standard InChI is InChI=1S/C14H13FO/c1-11-7-8-13(15)9-14(11)16-10-12-5-3-2-4-6-12/h2-9H,10H2,1H3. The molecule has 0 unspecified atom stereocenters. The summed E-state index contributed by atoms with van der Waals surface area (Å²) in [5.74, 6) is 0.331. The van der Waals surface area contributed by atoms with E-state index in [1.54, 1.807) is 6.07 Å². The molecule has 0 aliphatic heterocycles. The van der Waals surface area contributed by atoms with Crippen molar-refractivity contribution in [3.63, 3.8) is 0 Å². The third kappa shape index (κ3) is 2.60. The van der Waals surface area contributed by atoms with Crippen molar-refractivity contribution in [3.8, 4) is 5.75 Å². The number of rotatable bonds is 3. The van der Waals surface area contributed by atoms with Gasteiger partial charge in [0.2, 0.25) is 0 Å². The van der Waals surface area contributed by atoms with Gasteiger partial charge in [0.1, 0.15) is 18.2 Å². The van der Waals surface area contributed by atoms with E-state index in [9.17, 15) is 4.39 Å². The van der Waals surface area contributed by atoms with Crippen molar-refractivity contribution >= 4 is 0 Å². The molecule has 1 nitrogen and oxygen atoms in total. The SMILES string of the molecule is Cc1ccc(F)cc1OCc1ccccc1. The molecule has 2 aromatic rings. The van der Waals surface area contributed by atoms with Crippen molar-refractivity contribution in [1.29, 1.82) is 0 Å². The molecule has 0 saturated heterocycles. The highest BCUT2D eigenvalue weighted by atomic mass is 19.1. The average Bonchev–Trinajstić information content (AvgIpc) is 2.32. The lowest BCUT2D eigenvalue weighted by molar-refractivity contribution is 0.302. The molecule has 0 aliphatic carbocycles. The average molecular weight is 216 g/mol. The van der Waals surface area contributed by atoms with Gasteiger partial charge >= 0.3 is 0 Å². The Balaban J connectivity index is 2.08. The van der Waals surface area contributed by atoms with Crippen molar-refractivity contribution in [3.05, 3.63) is 65.5 Å². The summed E-state index contributed by atoms with van der Waals surface area (Å²) in [7, 11) is 0. The molecule has 0 spiro atoms. The summed E-state index contributed by atoms with van der Waals surface area (Å²) in [4.78, 5) is 0. The van der Waals surface area contributed by atoms with Crippen LogP contribution in [0, 0.1) is 12.7 Å². The summed E-state index contributed by atoms with van der Waals surface area (Å²) in [6, 6.07) is 14.4. The fraction of sp³-hybridized carbons (Fsp3) is 0.143. The maximum absolute atomic E-state index is 13.0. The molecule has 82 valence electrons. The van der Waals surface area contributed by atoms with Crippen LogP contribution in [0.3, 0.4) is 0 Å². The molecule has 0 heterocycles. The molecule has 0 aromatic heterocycles. The van der Waals surface area contributed by atoms with Crippen LogP contribution in [0.25, 0.3) is 0 Å². The first-order chi connectivity index (χ1) is 7.75. The van der Waals surface area contributed by atoms with Crippen LogP contribution in [0.1, 0.15) is 11.1 Å². The van der Waals surface area contributed by atoms with E-state index in [1.807, 2.05) is 37.3 Å². The van der Waals surface area contributed by atoms with Gasteiger partial charge in [-0.3, -0.25) is 0 Å². The van der Waals surface area contributed by atoms with Crippen LogP contribution in [0.4, 0.5) is 4.39 Å². The van der Waals surface area contributed by atoms with Crippen LogP contribution in [0.5, 0.6) is 5.75 Å². The van der Waals surface area contributed by atoms with Gasteiger partial charge in [-0.1, -0.05) is 36.4 Å². The number of hydrogen-bond acceptors (Lipinski definition) is 1. The van der Waals surface area contributed by atoms with Crippen molar-refractivity contribution in [2.24, 2.45) is 0 Å². The molecule has 0 bridgehead atoms. The topological polar surface area (TPSA) is 9.23 Å². The lowest BCUT2D eigenvalue weighted by Crippen LogP contribution is -1.97. The second kappa shape index (κ2) is 4.79. The van der Waals surface area contributed by atoms with E-state index in [1.165, 1.54) is 12.1 Å². The van der Waals surface area contributed by atoms with Gasteiger partial charge in [0, 0.05) is 6.07 Å². The smallest absolute Gasteiger partial charge is 0.126 e. The highest BCUT2D eigenvalue weighted by molar-refractivity contribution is 5.32. The zero-order valence-electron chi connectivity index (χ0n) is 9.11. The minimum absolute atomic E-state index is 0.270. The molecule has 0 aliphatic rings. The fourth-order valence-electron chi connectivity index (χ4n) is 1.46. The number of hydrogen-bond donors (Lipinski definition) is 0. The maximum Gasteiger partial charge on any atom is 0.126 e. The Morgan fingerprint density at radius 3 is 2.56 bits per heavy atom. The van der Waals surface area contributed by atoms with Crippen molar-refractivity contribution in [2.75, 3.05) is 0 Å². The van der Waals surface area contributed by atoms with Gasteiger partial charge in [0.25, 0.3) is 0 Å². The second-order valence-corrected chi connectivity index (χ2v) is 3.68. The first kappa shape index (κ1) is 10.7. The third-order valence-electron chi connectivity index (χ3n) is 2.39. The van der Waals surface area contributed by atoms with E-state index in [0.717, 1.165) is 11.1 Å². The molecular formula is C14H13FO. The molecule has 0 N–H and O–H groups in total. The predicted octanol–water partition coefficient (Wildman–Crippen LogP) is 3.71. The quantitative estimate of drug-likeness (QED) is 0.759. The molecule has 16 heavy (non-hydrogen) atoms. The number of aryl methyl sites for hydroxylation is 1. The maximum atomic E-state index is 13.0. The van der Waals surface area contributed by atoms with Gasteiger partial charge in [0.15, 0.2) is 0 Å². The predicted molar refractivity (Wildman–Crippen MR) is 61.9 cm³/mol. The first-order valence-electron chi connectivity index (χ1n) is 5.18. The molecule has 0 amide bonds. The van der Waals surface area contributed by atoms with E-state index in [-0.39, 0.29) is 5.82 Å². The molecule has 2 rings (SSSR count). The van der Waals surface area contributed by atoms with Gasteiger partial charge < -0.3 is 4.74 Å². The molecule has 0 saturated carbocycles. The highest BCUT2D eigenvalue weighted by Gasteiger charge is 2.01. The Kier molecular flexibility index (Phi) is 3.20. The monoisotopic (exact) mass is 216 g/mol. The van der Waals surface area contributed by atoms with Crippen LogP contribution in [-0.4, -0.2) is 0 Å². The number of ether oxygens (including phenoxy) is 1. The minimum Gasteiger partial charge on any atom is -0.489 e. The van der Waals surface area contributed by atoms with Crippen molar-refractivity contribution in [1.82, 2.24) is 0 Å². The molecule has 0 fully saturated rings. The molecule has 0 atom stereocenters. The van der Waals surface area contributed by atoms with Gasteiger partial charge in [-0.2, -0.15) is 0 Å². The third-order valence-corrected chi connectivity index (χ3v) is 2.39. The summed E-state index contributed by atoms with van der Waals surface area (Å²) < 4.78 is 18.6. The van der Waals surface area contributed by atoms with Crippen LogP contribution < -0.4 is 4.74 Å². The van der Waals surface area contributed by atoms with Gasteiger partial charge in [-0.15, -0.1) is 0 Å². The summed E-state index contributed by atoms with van der Waals surface area (Å²) >= 11 is 0. The normalized spacial score (nSPS) is 10.1. The van der Waals surface area contributed by atoms with E-state index in [2.05, 4.69) is 0 Å². The van der Waals surface area contributed by atoms with E-state index < -0.39 is 0 Å². The zero-order chi connectivity index (χ0) is 11.4. The summed E-state index contributed by atoms with van der Waals surface area (Å²) in [5.41, 5.74) is 2.02. The zero-order valence-corrected chi connectivity index (χ0v) is 9.11. The Labute approximate surface area is 94.5 Å². The minimum atomic E-state index is -0.270.